The van der Waals surface area contributed by atoms with Gasteiger partial charge in [0.25, 0.3) is 5.91 Å². The Bertz CT molecular complexity index is 856. The van der Waals surface area contributed by atoms with E-state index in [0.717, 1.165) is 57.2 Å². The van der Waals surface area contributed by atoms with Crippen LogP contribution in [0.5, 0.6) is 0 Å². The van der Waals surface area contributed by atoms with Gasteiger partial charge in [-0.25, -0.2) is 0 Å². The number of carbonyl (C=O) groups excluding carboxylic acids is 2. The van der Waals surface area contributed by atoms with E-state index in [4.69, 9.17) is 0 Å². The van der Waals surface area contributed by atoms with Crippen molar-refractivity contribution >= 4 is 17.5 Å². The number of nitrogens with one attached hydrogen (secondary N) is 2. The van der Waals surface area contributed by atoms with E-state index >= 15 is 0 Å². The number of nitrogens with zero attached hydrogens (tertiary/aromatic N) is 1. The molecule has 6 heteroatoms. The Kier molecular flexibility index (Phi) is 4.80. The zero-order valence-electron chi connectivity index (χ0n) is 17.8. The first-order valence-electron chi connectivity index (χ1n) is 11.6. The second kappa shape index (κ2) is 7.26. The molecule has 2 amide bonds. The van der Waals surface area contributed by atoms with Gasteiger partial charge in [0.2, 0.25) is 5.91 Å². The van der Waals surface area contributed by atoms with Crippen molar-refractivity contribution in [2.24, 2.45) is 17.3 Å². The molecule has 1 aromatic rings. The van der Waals surface area contributed by atoms with Crippen molar-refractivity contribution in [3.05, 3.63) is 29.8 Å². The summed E-state index contributed by atoms with van der Waals surface area (Å²) in [7, 11) is 0. The summed E-state index contributed by atoms with van der Waals surface area (Å²) in [5.74, 6) is 0.504. The highest BCUT2D eigenvalue weighted by molar-refractivity contribution is 6.02. The van der Waals surface area contributed by atoms with Crippen LogP contribution in [0, 0.1) is 17.3 Å². The van der Waals surface area contributed by atoms with Gasteiger partial charge in [0.15, 0.2) is 0 Å². The molecule has 2 heterocycles. The summed E-state index contributed by atoms with van der Waals surface area (Å²) in [4.78, 5) is 28.6. The quantitative estimate of drug-likeness (QED) is 0.714. The number of likely N-dealkylation sites (tertiary alicyclic amines) is 1. The molecule has 162 valence electrons. The van der Waals surface area contributed by atoms with Crippen molar-refractivity contribution in [2.45, 2.75) is 70.0 Å². The van der Waals surface area contributed by atoms with Gasteiger partial charge in [-0.3, -0.25) is 9.59 Å². The van der Waals surface area contributed by atoms with E-state index in [1.165, 1.54) is 0 Å². The summed E-state index contributed by atoms with van der Waals surface area (Å²) in [6.07, 6.45) is 7.50. The number of aliphatic hydroxyl groups is 1. The number of piperidine rings is 1. The molecule has 1 spiro atoms. The number of hydrogen-bond acceptors (Lipinski definition) is 4. The van der Waals surface area contributed by atoms with Gasteiger partial charge in [-0.05, 0) is 68.9 Å². The minimum absolute atomic E-state index is 0.00274. The normalized spacial score (nSPS) is 37.5. The number of carbonyl (C=O) groups is 2. The van der Waals surface area contributed by atoms with Crippen molar-refractivity contribution in [1.29, 1.82) is 0 Å². The van der Waals surface area contributed by atoms with Crippen LogP contribution in [0.3, 0.4) is 0 Å². The first kappa shape index (κ1) is 19.9. The molecule has 5 atom stereocenters. The lowest BCUT2D eigenvalue weighted by Gasteiger charge is -2.61. The number of amides is 2. The monoisotopic (exact) mass is 411 g/mol. The number of hydrogen-bond donors (Lipinski definition) is 3. The highest BCUT2D eigenvalue weighted by Crippen LogP contribution is 2.59. The van der Waals surface area contributed by atoms with Gasteiger partial charge in [-0.15, -0.1) is 0 Å². The number of benzene rings is 1. The van der Waals surface area contributed by atoms with Gasteiger partial charge >= 0.3 is 0 Å². The molecule has 0 radical (unpaired) electrons. The summed E-state index contributed by atoms with van der Waals surface area (Å²) < 4.78 is 0. The number of fused-ring (bicyclic) bond motifs is 3. The van der Waals surface area contributed by atoms with Crippen LogP contribution in [0.15, 0.2) is 24.3 Å². The smallest absolute Gasteiger partial charge is 0.255 e. The van der Waals surface area contributed by atoms with Crippen molar-refractivity contribution in [3.63, 3.8) is 0 Å². The van der Waals surface area contributed by atoms with Gasteiger partial charge < -0.3 is 20.6 Å². The molecular formula is C24H33N3O3. The molecule has 6 rings (SSSR count). The maximum Gasteiger partial charge on any atom is 0.255 e. The second-order valence-electron chi connectivity index (χ2n) is 10.1. The van der Waals surface area contributed by atoms with Gasteiger partial charge in [0.05, 0.1) is 5.56 Å². The molecule has 6 nitrogen and oxygen atoms in total. The third kappa shape index (κ3) is 3.03. The largest absolute Gasteiger partial charge is 0.396 e. The molecule has 3 aliphatic carbocycles. The fourth-order valence-corrected chi connectivity index (χ4v) is 6.77. The Morgan fingerprint density at radius 3 is 2.87 bits per heavy atom. The van der Waals surface area contributed by atoms with Gasteiger partial charge in [0, 0.05) is 36.7 Å². The van der Waals surface area contributed by atoms with E-state index in [-0.39, 0.29) is 41.7 Å². The molecule has 2 aliphatic heterocycles. The number of anilines is 1. The lowest BCUT2D eigenvalue weighted by molar-refractivity contribution is -0.154. The van der Waals surface area contributed by atoms with Crippen LogP contribution in [0.4, 0.5) is 5.69 Å². The lowest BCUT2D eigenvalue weighted by Crippen LogP contribution is -2.70. The third-order valence-electron chi connectivity index (χ3n) is 8.34. The van der Waals surface area contributed by atoms with Gasteiger partial charge in [0.1, 0.15) is 5.66 Å². The Balaban J connectivity index is 1.40. The maximum absolute atomic E-state index is 13.7. The minimum Gasteiger partial charge on any atom is -0.396 e. The van der Waals surface area contributed by atoms with E-state index in [0.29, 0.717) is 12.0 Å². The molecule has 5 aliphatic rings. The summed E-state index contributed by atoms with van der Waals surface area (Å²) in [6, 6.07) is 7.87. The fraction of sp³-hybridized carbons (Fsp3) is 0.667. The molecule has 4 unspecified atom stereocenters. The minimum atomic E-state index is -0.457. The third-order valence-corrected chi connectivity index (χ3v) is 8.34. The van der Waals surface area contributed by atoms with Crippen molar-refractivity contribution in [3.8, 4) is 0 Å². The van der Waals surface area contributed by atoms with Crippen LogP contribution in [0.1, 0.15) is 68.6 Å². The van der Waals surface area contributed by atoms with Crippen LogP contribution < -0.4 is 10.6 Å². The van der Waals surface area contributed by atoms with E-state index in [1.807, 2.05) is 24.3 Å². The fourth-order valence-electron chi connectivity index (χ4n) is 6.77. The van der Waals surface area contributed by atoms with Crippen molar-refractivity contribution in [1.82, 2.24) is 10.2 Å². The highest BCUT2D eigenvalue weighted by atomic mass is 16.3. The topological polar surface area (TPSA) is 81.7 Å². The summed E-state index contributed by atoms with van der Waals surface area (Å²) in [5.41, 5.74) is 1.00. The van der Waals surface area contributed by atoms with Crippen LogP contribution in [-0.4, -0.2) is 46.7 Å². The Labute approximate surface area is 178 Å². The van der Waals surface area contributed by atoms with Crippen molar-refractivity contribution < 1.29 is 14.7 Å². The van der Waals surface area contributed by atoms with Crippen LogP contribution >= 0.6 is 0 Å². The molecule has 3 saturated carbocycles. The summed E-state index contributed by atoms with van der Waals surface area (Å²) in [6.45, 7) is 3.19. The molecule has 1 saturated heterocycles. The zero-order valence-corrected chi connectivity index (χ0v) is 17.8. The first-order valence-corrected chi connectivity index (χ1v) is 11.6. The van der Waals surface area contributed by atoms with E-state index in [9.17, 15) is 14.7 Å². The predicted octanol–water partition coefficient (Wildman–Crippen LogP) is 3.13. The predicted molar refractivity (Wildman–Crippen MR) is 115 cm³/mol. The highest BCUT2D eigenvalue weighted by Gasteiger charge is 2.61. The average Bonchev–Trinajstić information content (AvgIpc) is 2.73. The van der Waals surface area contributed by atoms with Crippen LogP contribution in [-0.2, 0) is 4.79 Å². The van der Waals surface area contributed by atoms with E-state index < -0.39 is 5.66 Å². The van der Waals surface area contributed by atoms with E-state index in [2.05, 4.69) is 22.5 Å². The van der Waals surface area contributed by atoms with Gasteiger partial charge in [-0.1, -0.05) is 19.1 Å². The maximum atomic E-state index is 13.7. The average molecular weight is 412 g/mol. The molecular weight excluding hydrogens is 378 g/mol. The van der Waals surface area contributed by atoms with Crippen molar-refractivity contribution in [2.75, 3.05) is 18.5 Å². The standard InChI is InChI=1S/C24H33N3O3/c1-23-11-9-16(14-19(23)22(30)27-12-5-4-6-17(27)10-13-28)24(15-23)25-20-8-3-2-7-18(20)21(29)26-24/h2-3,7-8,16-17,19,25,28H,4-6,9-15H2,1H3,(H,26,29)/t16?,17?,19?,23?,24-/m0/s1. The SMILES string of the molecule is CC12CCC(CC1C(=O)N1CCCCC1CCO)[C@]1(C2)NC(=O)c2ccccc2N1. The first-order chi connectivity index (χ1) is 14.5. The van der Waals surface area contributed by atoms with Gasteiger partial charge in [-0.2, -0.15) is 0 Å². The van der Waals surface area contributed by atoms with Crippen LogP contribution in [0.2, 0.25) is 0 Å². The molecule has 0 aromatic heterocycles. The Hall–Kier alpha value is -2.08. The lowest BCUT2D eigenvalue weighted by atomic mass is 9.51. The number of para-hydroxylation sites is 1. The Morgan fingerprint density at radius 1 is 1.23 bits per heavy atom. The second-order valence-corrected chi connectivity index (χ2v) is 10.1. The zero-order chi connectivity index (χ0) is 20.9. The summed E-state index contributed by atoms with van der Waals surface area (Å²) >= 11 is 0. The Morgan fingerprint density at radius 2 is 2.07 bits per heavy atom. The van der Waals surface area contributed by atoms with Crippen LogP contribution in [0.25, 0.3) is 0 Å². The molecule has 3 N–H and O–H groups in total. The number of rotatable bonds is 3. The molecule has 4 fully saturated rings. The molecule has 30 heavy (non-hydrogen) atoms. The number of aliphatic hydroxyl groups excluding tert-OH is 1. The van der Waals surface area contributed by atoms with E-state index in [1.54, 1.807) is 0 Å². The molecule has 1 aromatic carbocycles. The molecule has 2 bridgehead atoms. The summed E-state index contributed by atoms with van der Waals surface area (Å²) in [5, 5.41) is 16.5.